The van der Waals surface area contributed by atoms with Crippen molar-refractivity contribution in [3.63, 3.8) is 0 Å². The first-order valence-electron chi connectivity index (χ1n) is 6.19. The predicted octanol–water partition coefficient (Wildman–Crippen LogP) is 2.88. The maximum Gasteiger partial charge on any atom is 0.161 e. The normalized spacial score (nSPS) is 10.6. The number of halogens is 1. The maximum absolute atomic E-state index is 5.93. The molecule has 0 aliphatic carbocycles. The average Bonchev–Trinajstić information content (AvgIpc) is 2.45. The van der Waals surface area contributed by atoms with Gasteiger partial charge in [-0.05, 0) is 53.8 Å². The summed E-state index contributed by atoms with van der Waals surface area (Å²) in [4.78, 5) is 8.83. The van der Waals surface area contributed by atoms with Crippen LogP contribution in [0.25, 0.3) is 11.4 Å². The Bertz CT molecular complexity index is 588. The molecular weight excluding hydrogens is 369 g/mol. The maximum atomic E-state index is 5.93. The number of anilines is 1. The number of nitrogens with zero attached hydrogens (tertiary/aromatic N) is 2. The molecule has 0 bridgehead atoms. The smallest absolute Gasteiger partial charge is 0.161 e. The molecule has 0 unspecified atom stereocenters. The molecule has 0 atom stereocenters. The van der Waals surface area contributed by atoms with Crippen molar-refractivity contribution in [3.05, 3.63) is 33.5 Å². The minimum atomic E-state index is 0.412. The van der Waals surface area contributed by atoms with Crippen LogP contribution in [0.3, 0.4) is 0 Å². The number of aromatic nitrogens is 2. The fourth-order valence-corrected chi connectivity index (χ4v) is 2.14. The monoisotopic (exact) mass is 385 g/mol. The molecule has 106 valence electrons. The van der Waals surface area contributed by atoms with E-state index in [1.165, 1.54) is 0 Å². The fraction of sp³-hybridized carbons (Fsp3) is 0.286. The van der Waals surface area contributed by atoms with Crippen molar-refractivity contribution in [3.8, 4) is 17.1 Å². The molecule has 2 aromatic rings. The molecule has 2 rings (SSSR count). The molecule has 0 aliphatic heterocycles. The second-order valence-electron chi connectivity index (χ2n) is 4.08. The number of nitrogens with two attached hydrogens (primary N) is 1. The van der Waals surface area contributed by atoms with Crippen molar-refractivity contribution in [2.75, 3.05) is 19.5 Å². The molecule has 0 radical (unpaired) electrons. The zero-order valence-electron chi connectivity index (χ0n) is 11.4. The fourth-order valence-electron chi connectivity index (χ4n) is 1.74. The van der Waals surface area contributed by atoms with Gasteiger partial charge in [0.05, 0.1) is 22.5 Å². The van der Waals surface area contributed by atoms with Crippen LogP contribution in [0, 0.1) is 3.57 Å². The molecule has 0 fully saturated rings. The number of rotatable bonds is 5. The van der Waals surface area contributed by atoms with Gasteiger partial charge in [-0.2, -0.15) is 0 Å². The lowest BCUT2D eigenvalue weighted by atomic mass is 10.2. The minimum Gasteiger partial charge on any atom is -0.494 e. The molecule has 0 amide bonds. The number of hydrogen-bond acceptors (Lipinski definition) is 5. The number of ether oxygens (including phenoxy) is 2. The highest BCUT2D eigenvalue weighted by Crippen LogP contribution is 2.24. The zero-order chi connectivity index (χ0) is 14.5. The largest absolute Gasteiger partial charge is 0.494 e. The van der Waals surface area contributed by atoms with Crippen LogP contribution < -0.4 is 10.5 Å². The molecule has 6 heteroatoms. The third-order valence-corrected chi connectivity index (χ3v) is 3.83. The lowest BCUT2D eigenvalue weighted by Crippen LogP contribution is -2.05. The molecule has 1 aromatic carbocycles. The Morgan fingerprint density at radius 3 is 2.50 bits per heavy atom. The van der Waals surface area contributed by atoms with Crippen molar-refractivity contribution < 1.29 is 9.47 Å². The van der Waals surface area contributed by atoms with Crippen LogP contribution in [0.5, 0.6) is 5.75 Å². The summed E-state index contributed by atoms with van der Waals surface area (Å²) in [5.41, 5.74) is 7.62. The van der Waals surface area contributed by atoms with Crippen LogP contribution in [0.2, 0.25) is 0 Å². The molecule has 1 heterocycles. The van der Waals surface area contributed by atoms with E-state index in [0.29, 0.717) is 24.9 Å². The second kappa shape index (κ2) is 6.85. The van der Waals surface area contributed by atoms with Gasteiger partial charge in [-0.25, -0.2) is 9.97 Å². The van der Waals surface area contributed by atoms with E-state index in [9.17, 15) is 0 Å². The number of methoxy groups -OCH3 is 1. The standard InChI is InChI=1S/C14H16IN3O2/c1-3-20-10-6-4-9(5-7-10)14-17-11(8-19-2)12(15)13(16)18-14/h4-7H,3,8H2,1-2H3,(H2,16,17,18). The van der Waals surface area contributed by atoms with Crippen molar-refractivity contribution in [2.45, 2.75) is 13.5 Å². The summed E-state index contributed by atoms with van der Waals surface area (Å²) >= 11 is 2.13. The highest BCUT2D eigenvalue weighted by atomic mass is 127. The van der Waals surface area contributed by atoms with Gasteiger partial charge in [0.1, 0.15) is 11.6 Å². The van der Waals surface area contributed by atoms with E-state index >= 15 is 0 Å². The zero-order valence-corrected chi connectivity index (χ0v) is 13.5. The van der Waals surface area contributed by atoms with Gasteiger partial charge < -0.3 is 15.2 Å². The summed E-state index contributed by atoms with van der Waals surface area (Å²) in [7, 11) is 1.63. The van der Waals surface area contributed by atoms with E-state index in [0.717, 1.165) is 20.6 Å². The van der Waals surface area contributed by atoms with Gasteiger partial charge in [-0.3, -0.25) is 0 Å². The summed E-state index contributed by atoms with van der Waals surface area (Å²) < 4.78 is 11.4. The first kappa shape index (κ1) is 15.0. The number of hydrogen-bond donors (Lipinski definition) is 1. The molecule has 5 nitrogen and oxygen atoms in total. The molecule has 0 aliphatic rings. The Hall–Kier alpha value is -1.41. The Balaban J connectivity index is 2.36. The Labute approximate surface area is 131 Å². The topological polar surface area (TPSA) is 70.3 Å². The highest BCUT2D eigenvalue weighted by molar-refractivity contribution is 14.1. The van der Waals surface area contributed by atoms with Gasteiger partial charge in [-0.15, -0.1) is 0 Å². The van der Waals surface area contributed by atoms with Gasteiger partial charge in [0.25, 0.3) is 0 Å². The number of nitrogen functional groups attached to an aromatic ring is 1. The van der Waals surface area contributed by atoms with Crippen LogP contribution >= 0.6 is 22.6 Å². The quantitative estimate of drug-likeness (QED) is 0.802. The van der Waals surface area contributed by atoms with E-state index in [1.807, 2.05) is 31.2 Å². The summed E-state index contributed by atoms with van der Waals surface area (Å²) in [5.74, 6) is 1.89. The molecule has 2 N–H and O–H groups in total. The summed E-state index contributed by atoms with van der Waals surface area (Å²) in [6.45, 7) is 3.01. The molecule has 20 heavy (non-hydrogen) atoms. The third-order valence-electron chi connectivity index (χ3n) is 2.65. The summed E-state index contributed by atoms with van der Waals surface area (Å²) in [6, 6.07) is 7.63. The van der Waals surface area contributed by atoms with Crippen molar-refractivity contribution in [1.82, 2.24) is 9.97 Å². The molecular formula is C14H16IN3O2. The van der Waals surface area contributed by atoms with Crippen molar-refractivity contribution in [1.29, 1.82) is 0 Å². The predicted molar refractivity (Wildman–Crippen MR) is 86.5 cm³/mol. The van der Waals surface area contributed by atoms with Crippen LogP contribution in [-0.4, -0.2) is 23.7 Å². The van der Waals surface area contributed by atoms with E-state index in [1.54, 1.807) is 7.11 Å². The van der Waals surface area contributed by atoms with Gasteiger partial charge in [0, 0.05) is 12.7 Å². The third kappa shape index (κ3) is 3.37. The lowest BCUT2D eigenvalue weighted by molar-refractivity contribution is 0.181. The van der Waals surface area contributed by atoms with Crippen LogP contribution in [-0.2, 0) is 11.3 Å². The molecule has 0 saturated carbocycles. The van der Waals surface area contributed by atoms with E-state index in [-0.39, 0.29) is 0 Å². The lowest BCUT2D eigenvalue weighted by Gasteiger charge is -2.09. The summed E-state index contributed by atoms with van der Waals surface area (Å²) in [6.07, 6.45) is 0. The van der Waals surface area contributed by atoms with E-state index < -0.39 is 0 Å². The highest BCUT2D eigenvalue weighted by Gasteiger charge is 2.11. The second-order valence-corrected chi connectivity index (χ2v) is 5.16. The minimum absolute atomic E-state index is 0.412. The van der Waals surface area contributed by atoms with Crippen LogP contribution in [0.15, 0.2) is 24.3 Å². The van der Waals surface area contributed by atoms with Gasteiger partial charge >= 0.3 is 0 Å². The van der Waals surface area contributed by atoms with Gasteiger partial charge in [-0.1, -0.05) is 0 Å². The van der Waals surface area contributed by atoms with E-state index in [2.05, 4.69) is 32.6 Å². The van der Waals surface area contributed by atoms with E-state index in [4.69, 9.17) is 15.2 Å². The van der Waals surface area contributed by atoms with Gasteiger partial charge in [0.2, 0.25) is 0 Å². The number of benzene rings is 1. The van der Waals surface area contributed by atoms with Crippen LogP contribution in [0.1, 0.15) is 12.6 Å². The van der Waals surface area contributed by atoms with Crippen molar-refractivity contribution in [2.24, 2.45) is 0 Å². The Kier molecular flexibility index (Phi) is 5.13. The Morgan fingerprint density at radius 1 is 1.20 bits per heavy atom. The molecule has 0 saturated heterocycles. The SMILES string of the molecule is CCOc1ccc(-c2nc(N)c(I)c(COC)n2)cc1. The molecule has 1 aromatic heterocycles. The van der Waals surface area contributed by atoms with Gasteiger partial charge in [0.15, 0.2) is 5.82 Å². The first-order chi connectivity index (χ1) is 9.65. The average molecular weight is 385 g/mol. The van der Waals surface area contributed by atoms with Crippen molar-refractivity contribution >= 4 is 28.4 Å². The van der Waals surface area contributed by atoms with Crippen LogP contribution in [0.4, 0.5) is 5.82 Å². The summed E-state index contributed by atoms with van der Waals surface area (Å²) in [5, 5.41) is 0. The molecule has 0 spiro atoms. The first-order valence-corrected chi connectivity index (χ1v) is 7.27. The Morgan fingerprint density at radius 2 is 1.90 bits per heavy atom.